The molecule has 0 radical (unpaired) electrons. The maximum absolute atomic E-state index is 14.0. The Balaban J connectivity index is 1.57. The van der Waals surface area contributed by atoms with Gasteiger partial charge >= 0.3 is 0 Å². The Morgan fingerprint density at radius 2 is 1.68 bits per heavy atom. The fraction of sp³-hybridized carbons (Fsp3) is 0.409. The first-order valence-electron chi connectivity index (χ1n) is 9.56. The van der Waals surface area contributed by atoms with Crippen molar-refractivity contribution in [2.45, 2.75) is 38.3 Å². The van der Waals surface area contributed by atoms with Crippen LogP contribution in [0.4, 0.5) is 18.9 Å². The Bertz CT molecular complexity index is 877. The fourth-order valence-corrected chi connectivity index (χ4v) is 4.94. The summed E-state index contributed by atoms with van der Waals surface area (Å²) in [6.07, 6.45) is 1.55. The van der Waals surface area contributed by atoms with Crippen LogP contribution in [0.15, 0.2) is 42.5 Å². The summed E-state index contributed by atoms with van der Waals surface area (Å²) in [6.45, 7) is 5.16. The molecule has 0 aliphatic carbocycles. The zero-order chi connectivity index (χ0) is 20.1. The topological polar surface area (TPSA) is 23.6 Å². The molecule has 0 bridgehead atoms. The molecule has 2 heterocycles. The predicted octanol–water partition coefficient (Wildman–Crippen LogP) is 4.62. The van der Waals surface area contributed by atoms with E-state index in [0.717, 1.165) is 24.2 Å². The number of nitrogens with zero attached hydrogens (tertiary/aromatic N) is 2. The molecule has 0 spiro atoms. The number of piperidine rings is 1. The van der Waals surface area contributed by atoms with Crippen LogP contribution < -0.4 is 4.90 Å². The first-order chi connectivity index (χ1) is 13.3. The summed E-state index contributed by atoms with van der Waals surface area (Å²) < 4.78 is 41.4. The van der Waals surface area contributed by atoms with Gasteiger partial charge in [0, 0.05) is 30.4 Å². The average molecular weight is 388 g/mol. The summed E-state index contributed by atoms with van der Waals surface area (Å²) in [5, 5.41) is 0. The molecule has 4 rings (SSSR count). The third-order valence-electron chi connectivity index (χ3n) is 6.01. The molecule has 3 nitrogen and oxygen atoms in total. The van der Waals surface area contributed by atoms with Crippen LogP contribution in [0.1, 0.15) is 37.0 Å². The van der Waals surface area contributed by atoms with E-state index < -0.39 is 23.1 Å². The quantitative estimate of drug-likeness (QED) is 0.749. The number of amides is 1. The van der Waals surface area contributed by atoms with Crippen LogP contribution in [0, 0.1) is 23.4 Å². The largest absolute Gasteiger partial charge is 0.363 e. The molecule has 0 N–H and O–H groups in total. The molecule has 6 heteroatoms. The smallest absolute Gasteiger partial charge is 0.259 e. The van der Waals surface area contributed by atoms with Crippen LogP contribution in [0.2, 0.25) is 0 Å². The Hall–Kier alpha value is -2.50. The Morgan fingerprint density at radius 1 is 1.04 bits per heavy atom. The minimum atomic E-state index is -0.827. The number of carbonyl (C=O) groups is 1. The maximum Gasteiger partial charge on any atom is 0.259 e. The van der Waals surface area contributed by atoms with E-state index in [2.05, 4.69) is 18.7 Å². The Morgan fingerprint density at radius 3 is 2.32 bits per heavy atom. The van der Waals surface area contributed by atoms with E-state index in [1.165, 1.54) is 18.2 Å². The summed E-state index contributed by atoms with van der Waals surface area (Å²) in [4.78, 5) is 16.6. The second kappa shape index (κ2) is 6.83. The fourth-order valence-electron chi connectivity index (χ4n) is 4.94. The number of carbonyl (C=O) groups excluding carboxylic acids is 1. The number of hydrogen-bond acceptors (Lipinski definition) is 2. The molecule has 2 fully saturated rings. The normalized spacial score (nSPS) is 23.6. The molecule has 0 unspecified atom stereocenters. The van der Waals surface area contributed by atoms with Gasteiger partial charge in [0.2, 0.25) is 0 Å². The summed E-state index contributed by atoms with van der Waals surface area (Å²) >= 11 is 0. The summed E-state index contributed by atoms with van der Waals surface area (Å²) in [5.41, 5.74) is 0.322. The number of likely N-dealkylation sites (tertiary alicyclic amines) is 1. The molecule has 2 atom stereocenters. The summed E-state index contributed by atoms with van der Waals surface area (Å²) in [5.74, 6) is -2.33. The van der Waals surface area contributed by atoms with Crippen LogP contribution in [0.3, 0.4) is 0 Å². The highest BCUT2D eigenvalue weighted by molar-refractivity contribution is 5.94. The number of benzene rings is 2. The number of halogens is 3. The third-order valence-corrected chi connectivity index (χ3v) is 6.01. The van der Waals surface area contributed by atoms with Gasteiger partial charge in [0.1, 0.15) is 23.0 Å². The molecule has 28 heavy (non-hydrogen) atoms. The number of hydrogen-bond donors (Lipinski definition) is 0. The van der Waals surface area contributed by atoms with E-state index in [-0.39, 0.29) is 23.3 Å². The minimum absolute atomic E-state index is 0.157. The van der Waals surface area contributed by atoms with Crippen molar-refractivity contribution in [1.82, 2.24) is 4.90 Å². The molecule has 0 saturated carbocycles. The highest BCUT2D eigenvalue weighted by Crippen LogP contribution is 2.44. The van der Waals surface area contributed by atoms with Crippen LogP contribution >= 0.6 is 0 Å². The van der Waals surface area contributed by atoms with Crippen LogP contribution in [0.25, 0.3) is 0 Å². The summed E-state index contributed by atoms with van der Waals surface area (Å²) in [7, 11) is 0. The van der Waals surface area contributed by atoms with Gasteiger partial charge in [0.05, 0.1) is 0 Å². The van der Waals surface area contributed by atoms with E-state index in [0.29, 0.717) is 19.5 Å². The minimum Gasteiger partial charge on any atom is -0.363 e. The van der Waals surface area contributed by atoms with Crippen molar-refractivity contribution >= 4 is 11.6 Å². The highest BCUT2D eigenvalue weighted by Gasteiger charge is 2.48. The van der Waals surface area contributed by atoms with Gasteiger partial charge < -0.3 is 9.80 Å². The van der Waals surface area contributed by atoms with Gasteiger partial charge in [-0.15, -0.1) is 0 Å². The van der Waals surface area contributed by atoms with Gasteiger partial charge in [-0.05, 0) is 69.0 Å². The molecule has 2 saturated heterocycles. The van der Waals surface area contributed by atoms with Gasteiger partial charge in [0.25, 0.3) is 5.91 Å². The van der Waals surface area contributed by atoms with Crippen molar-refractivity contribution in [2.24, 2.45) is 5.92 Å². The molecule has 0 aromatic heterocycles. The lowest BCUT2D eigenvalue weighted by atomic mass is 9.89. The van der Waals surface area contributed by atoms with Crippen LogP contribution in [0.5, 0.6) is 0 Å². The standard InChI is InChI=1S/C22H23F3N2O/c1-22(2)12-14-13-26(21(28)20-17(24)4-3-5-18(20)25)11-10-19(14)27(22)16-8-6-15(23)7-9-16/h3-9,14,19H,10-13H2,1-2H3/t14-,19+/m1/s1. The van der Waals surface area contributed by atoms with Crippen molar-refractivity contribution in [1.29, 1.82) is 0 Å². The van der Waals surface area contributed by atoms with E-state index in [1.54, 1.807) is 17.0 Å². The zero-order valence-corrected chi connectivity index (χ0v) is 16.0. The molecular weight excluding hydrogens is 365 g/mol. The second-order valence-corrected chi connectivity index (χ2v) is 8.33. The van der Waals surface area contributed by atoms with Gasteiger partial charge in [0.15, 0.2) is 0 Å². The van der Waals surface area contributed by atoms with Crippen LogP contribution in [-0.2, 0) is 0 Å². The lowest BCUT2D eigenvalue weighted by Gasteiger charge is -2.42. The van der Waals surface area contributed by atoms with Crippen LogP contribution in [-0.4, -0.2) is 35.5 Å². The van der Waals surface area contributed by atoms with Gasteiger partial charge in [-0.2, -0.15) is 0 Å². The molecule has 2 aliphatic heterocycles. The molecule has 1 amide bonds. The predicted molar refractivity (Wildman–Crippen MR) is 102 cm³/mol. The van der Waals surface area contributed by atoms with Crippen molar-refractivity contribution in [3.05, 3.63) is 65.5 Å². The van der Waals surface area contributed by atoms with E-state index >= 15 is 0 Å². The molecule has 148 valence electrons. The maximum atomic E-state index is 14.0. The first kappa shape index (κ1) is 18.8. The third kappa shape index (κ3) is 3.15. The van der Waals surface area contributed by atoms with Gasteiger partial charge in [-0.25, -0.2) is 13.2 Å². The van der Waals surface area contributed by atoms with Gasteiger partial charge in [-0.1, -0.05) is 6.07 Å². The average Bonchev–Trinajstić information content (AvgIpc) is 2.91. The zero-order valence-electron chi connectivity index (χ0n) is 16.0. The Kier molecular flexibility index (Phi) is 4.60. The van der Waals surface area contributed by atoms with E-state index in [1.807, 2.05) is 0 Å². The van der Waals surface area contributed by atoms with E-state index in [4.69, 9.17) is 0 Å². The van der Waals surface area contributed by atoms with Crippen molar-refractivity contribution in [2.75, 3.05) is 18.0 Å². The highest BCUT2D eigenvalue weighted by atomic mass is 19.1. The second-order valence-electron chi connectivity index (χ2n) is 8.33. The van der Waals surface area contributed by atoms with E-state index in [9.17, 15) is 18.0 Å². The SMILES string of the molecule is CC1(C)C[C@@H]2CN(C(=O)c3c(F)cccc3F)CC[C@@H]2N1c1ccc(F)cc1. The first-order valence-corrected chi connectivity index (χ1v) is 9.56. The van der Waals surface area contributed by atoms with Crippen molar-refractivity contribution in [3.8, 4) is 0 Å². The molecule has 2 aliphatic rings. The number of rotatable bonds is 2. The van der Waals surface area contributed by atoms with Crippen molar-refractivity contribution < 1.29 is 18.0 Å². The molecular formula is C22H23F3N2O. The lowest BCUT2D eigenvalue weighted by molar-refractivity contribution is 0.0657. The Labute approximate surface area is 162 Å². The summed E-state index contributed by atoms with van der Waals surface area (Å²) in [6, 6.07) is 10.2. The molecule has 2 aromatic carbocycles. The van der Waals surface area contributed by atoms with Gasteiger partial charge in [-0.3, -0.25) is 4.79 Å². The molecule has 2 aromatic rings. The lowest BCUT2D eigenvalue weighted by Crippen LogP contribution is -2.50. The van der Waals surface area contributed by atoms with Crippen molar-refractivity contribution in [3.63, 3.8) is 0 Å². The number of anilines is 1. The number of fused-ring (bicyclic) bond motifs is 1. The monoisotopic (exact) mass is 388 g/mol.